The standard InChI is InChI=1S/C14H19N3O3S/c1-2-15-12-4-3-10(9-13(12)17(19)20)14(18)16-11-5-7-21-8-6-11/h3-4,9,11,15H,2,5-8H2,1H3,(H,16,18). The number of thioether (sulfide) groups is 1. The number of carbonyl (C=O) groups excluding carboxylic acids is 1. The number of amides is 1. The van der Waals surface area contributed by atoms with Gasteiger partial charge in [0.1, 0.15) is 5.69 Å². The van der Waals surface area contributed by atoms with E-state index in [9.17, 15) is 14.9 Å². The van der Waals surface area contributed by atoms with Crippen molar-refractivity contribution >= 4 is 29.0 Å². The molecule has 1 aromatic rings. The van der Waals surface area contributed by atoms with Crippen LogP contribution in [-0.2, 0) is 0 Å². The van der Waals surface area contributed by atoms with E-state index in [1.165, 1.54) is 6.07 Å². The first-order valence-electron chi connectivity index (χ1n) is 7.02. The third kappa shape index (κ3) is 4.10. The number of nitro benzene ring substituents is 1. The Morgan fingerprint density at radius 3 is 2.76 bits per heavy atom. The molecule has 1 aromatic carbocycles. The summed E-state index contributed by atoms with van der Waals surface area (Å²) in [5.74, 6) is 1.85. The minimum atomic E-state index is -0.466. The Kier molecular flexibility index (Phi) is 5.44. The molecule has 2 rings (SSSR count). The molecule has 1 amide bonds. The smallest absolute Gasteiger partial charge is 0.293 e. The molecule has 2 N–H and O–H groups in total. The average Bonchev–Trinajstić information content (AvgIpc) is 2.48. The van der Waals surface area contributed by atoms with Gasteiger partial charge in [0.2, 0.25) is 0 Å². The first-order valence-corrected chi connectivity index (χ1v) is 8.18. The average molecular weight is 309 g/mol. The minimum Gasteiger partial charge on any atom is -0.380 e. The summed E-state index contributed by atoms with van der Waals surface area (Å²) >= 11 is 1.89. The molecule has 21 heavy (non-hydrogen) atoms. The predicted octanol–water partition coefficient (Wildman–Crippen LogP) is 2.65. The number of nitro groups is 1. The summed E-state index contributed by atoms with van der Waals surface area (Å²) in [6.07, 6.45) is 1.90. The second-order valence-corrected chi connectivity index (χ2v) is 6.10. The van der Waals surface area contributed by atoms with Crippen LogP contribution in [-0.4, -0.2) is 34.9 Å². The third-order valence-electron chi connectivity index (χ3n) is 3.38. The van der Waals surface area contributed by atoms with Gasteiger partial charge in [0.25, 0.3) is 11.6 Å². The quantitative estimate of drug-likeness (QED) is 0.645. The van der Waals surface area contributed by atoms with Crippen molar-refractivity contribution < 1.29 is 9.72 Å². The molecule has 0 aromatic heterocycles. The van der Waals surface area contributed by atoms with Crippen LogP contribution in [0.1, 0.15) is 30.1 Å². The first-order chi connectivity index (χ1) is 10.1. The van der Waals surface area contributed by atoms with Crippen LogP contribution in [0, 0.1) is 10.1 Å². The van der Waals surface area contributed by atoms with Gasteiger partial charge >= 0.3 is 0 Å². The van der Waals surface area contributed by atoms with Gasteiger partial charge in [-0.3, -0.25) is 14.9 Å². The Hall–Kier alpha value is -1.76. The van der Waals surface area contributed by atoms with Crippen molar-refractivity contribution in [1.29, 1.82) is 0 Å². The monoisotopic (exact) mass is 309 g/mol. The number of nitrogens with one attached hydrogen (secondary N) is 2. The fourth-order valence-corrected chi connectivity index (χ4v) is 3.38. The molecule has 0 bridgehead atoms. The summed E-state index contributed by atoms with van der Waals surface area (Å²) in [5, 5.41) is 17.0. The largest absolute Gasteiger partial charge is 0.380 e. The summed E-state index contributed by atoms with van der Waals surface area (Å²) in [5.41, 5.74) is 0.707. The number of rotatable bonds is 5. The van der Waals surface area contributed by atoms with Gasteiger partial charge in [-0.1, -0.05) is 0 Å². The highest BCUT2D eigenvalue weighted by Gasteiger charge is 2.20. The van der Waals surface area contributed by atoms with Crippen LogP contribution in [0.2, 0.25) is 0 Å². The number of hydrogen-bond acceptors (Lipinski definition) is 5. The second-order valence-electron chi connectivity index (χ2n) is 4.88. The van der Waals surface area contributed by atoms with E-state index in [0.717, 1.165) is 24.3 Å². The third-order valence-corrected chi connectivity index (χ3v) is 4.43. The Balaban J connectivity index is 2.13. The molecule has 7 heteroatoms. The lowest BCUT2D eigenvalue weighted by Crippen LogP contribution is -2.37. The lowest BCUT2D eigenvalue weighted by Gasteiger charge is -2.22. The zero-order chi connectivity index (χ0) is 15.2. The molecular formula is C14H19N3O3S. The zero-order valence-corrected chi connectivity index (χ0v) is 12.7. The Bertz CT molecular complexity index is 530. The number of carbonyl (C=O) groups is 1. The molecule has 114 valence electrons. The van der Waals surface area contributed by atoms with E-state index < -0.39 is 4.92 Å². The van der Waals surface area contributed by atoms with E-state index in [2.05, 4.69) is 10.6 Å². The lowest BCUT2D eigenvalue weighted by atomic mass is 10.1. The Labute approximate surface area is 127 Å². The molecule has 1 aliphatic heterocycles. The van der Waals surface area contributed by atoms with Crippen molar-refractivity contribution in [1.82, 2.24) is 5.32 Å². The molecule has 1 heterocycles. The summed E-state index contributed by atoms with van der Waals surface area (Å²) < 4.78 is 0. The second kappa shape index (κ2) is 7.31. The number of benzene rings is 1. The van der Waals surface area contributed by atoms with Gasteiger partial charge in [-0.2, -0.15) is 11.8 Å². The van der Waals surface area contributed by atoms with Crippen molar-refractivity contribution in [2.75, 3.05) is 23.4 Å². The summed E-state index contributed by atoms with van der Waals surface area (Å²) in [6.45, 7) is 2.46. The van der Waals surface area contributed by atoms with Gasteiger partial charge in [-0.25, -0.2) is 0 Å². The fraction of sp³-hybridized carbons (Fsp3) is 0.500. The first kappa shape index (κ1) is 15.6. The molecule has 0 spiro atoms. The maximum atomic E-state index is 12.2. The van der Waals surface area contributed by atoms with Crippen molar-refractivity contribution in [2.45, 2.75) is 25.8 Å². The summed E-state index contributed by atoms with van der Waals surface area (Å²) in [6, 6.07) is 4.72. The van der Waals surface area contributed by atoms with Gasteiger partial charge in [-0.05, 0) is 43.4 Å². The molecule has 1 saturated heterocycles. The maximum absolute atomic E-state index is 12.2. The molecule has 0 atom stereocenters. The summed E-state index contributed by atoms with van der Waals surface area (Å²) in [4.78, 5) is 22.8. The molecule has 0 radical (unpaired) electrons. The highest BCUT2D eigenvalue weighted by atomic mass is 32.2. The number of hydrogen-bond donors (Lipinski definition) is 2. The lowest BCUT2D eigenvalue weighted by molar-refractivity contribution is -0.384. The van der Waals surface area contributed by atoms with Crippen LogP contribution < -0.4 is 10.6 Å². The van der Waals surface area contributed by atoms with Crippen molar-refractivity contribution in [3.63, 3.8) is 0 Å². The number of anilines is 1. The molecule has 6 nitrogen and oxygen atoms in total. The van der Waals surface area contributed by atoms with E-state index in [0.29, 0.717) is 17.8 Å². The van der Waals surface area contributed by atoms with E-state index in [-0.39, 0.29) is 17.6 Å². The van der Waals surface area contributed by atoms with Crippen LogP contribution in [0.4, 0.5) is 11.4 Å². The van der Waals surface area contributed by atoms with Gasteiger partial charge in [0.15, 0.2) is 0 Å². The van der Waals surface area contributed by atoms with Crippen LogP contribution in [0.15, 0.2) is 18.2 Å². The highest BCUT2D eigenvalue weighted by molar-refractivity contribution is 7.99. The van der Waals surface area contributed by atoms with Crippen LogP contribution >= 0.6 is 11.8 Å². The molecule has 0 aliphatic carbocycles. The summed E-state index contributed by atoms with van der Waals surface area (Å²) in [7, 11) is 0. The van der Waals surface area contributed by atoms with E-state index in [1.807, 2.05) is 18.7 Å². The predicted molar refractivity (Wildman–Crippen MR) is 85.1 cm³/mol. The van der Waals surface area contributed by atoms with E-state index >= 15 is 0 Å². The van der Waals surface area contributed by atoms with Gasteiger partial charge < -0.3 is 10.6 Å². The topological polar surface area (TPSA) is 84.3 Å². The maximum Gasteiger partial charge on any atom is 0.293 e. The zero-order valence-electron chi connectivity index (χ0n) is 11.9. The minimum absolute atomic E-state index is 0.0660. The Morgan fingerprint density at radius 2 is 2.14 bits per heavy atom. The van der Waals surface area contributed by atoms with Gasteiger partial charge in [0.05, 0.1) is 4.92 Å². The molecule has 0 unspecified atom stereocenters. The van der Waals surface area contributed by atoms with Crippen molar-refractivity contribution in [3.05, 3.63) is 33.9 Å². The van der Waals surface area contributed by atoms with Crippen molar-refractivity contribution in [2.24, 2.45) is 0 Å². The fourth-order valence-electron chi connectivity index (χ4n) is 2.27. The van der Waals surface area contributed by atoms with Crippen molar-refractivity contribution in [3.8, 4) is 0 Å². The van der Waals surface area contributed by atoms with Crippen LogP contribution in [0.5, 0.6) is 0 Å². The van der Waals surface area contributed by atoms with Crippen LogP contribution in [0.3, 0.4) is 0 Å². The molecule has 0 saturated carbocycles. The van der Waals surface area contributed by atoms with E-state index in [1.54, 1.807) is 12.1 Å². The van der Waals surface area contributed by atoms with E-state index in [4.69, 9.17) is 0 Å². The molecular weight excluding hydrogens is 290 g/mol. The highest BCUT2D eigenvalue weighted by Crippen LogP contribution is 2.25. The molecule has 1 aliphatic rings. The molecule has 1 fully saturated rings. The number of nitrogens with zero attached hydrogens (tertiary/aromatic N) is 1. The van der Waals surface area contributed by atoms with Gasteiger partial charge in [0, 0.05) is 24.2 Å². The van der Waals surface area contributed by atoms with Gasteiger partial charge in [-0.15, -0.1) is 0 Å². The normalized spacial score (nSPS) is 15.5. The SMILES string of the molecule is CCNc1ccc(C(=O)NC2CCSCC2)cc1[N+](=O)[O-]. The van der Waals surface area contributed by atoms with Crippen LogP contribution in [0.25, 0.3) is 0 Å². The Morgan fingerprint density at radius 1 is 1.43 bits per heavy atom.